The molecular weight excluding hydrogens is 290 g/mol. The van der Waals surface area contributed by atoms with Crippen molar-refractivity contribution in [3.8, 4) is 0 Å². The summed E-state index contributed by atoms with van der Waals surface area (Å²) in [6.45, 7) is 1.94. The molecule has 1 amide bonds. The van der Waals surface area contributed by atoms with E-state index >= 15 is 0 Å². The molecule has 0 spiro atoms. The average molecular weight is 305 g/mol. The van der Waals surface area contributed by atoms with Crippen molar-refractivity contribution in [2.45, 2.75) is 30.6 Å². The van der Waals surface area contributed by atoms with Gasteiger partial charge >= 0.3 is 0 Å². The summed E-state index contributed by atoms with van der Waals surface area (Å²) in [5, 5.41) is 12.7. The first-order valence-corrected chi connectivity index (χ1v) is 8.51. The van der Waals surface area contributed by atoms with Gasteiger partial charge in [0.1, 0.15) is 5.01 Å². The average Bonchev–Trinajstić information content (AvgIpc) is 3.20. The largest absolute Gasteiger partial charge is 0.296 e. The van der Waals surface area contributed by atoms with Crippen molar-refractivity contribution >= 4 is 34.1 Å². The minimum absolute atomic E-state index is 0.114. The van der Waals surface area contributed by atoms with Crippen LogP contribution in [0.3, 0.4) is 0 Å². The van der Waals surface area contributed by atoms with Gasteiger partial charge in [-0.25, -0.2) is 0 Å². The summed E-state index contributed by atoms with van der Waals surface area (Å²) < 4.78 is 0. The maximum absolute atomic E-state index is 12.3. The molecule has 1 aliphatic carbocycles. The van der Waals surface area contributed by atoms with E-state index in [1.807, 2.05) is 31.4 Å². The Balaban J connectivity index is 1.77. The van der Waals surface area contributed by atoms with Crippen molar-refractivity contribution in [3.63, 3.8) is 0 Å². The molecule has 1 aromatic heterocycles. The van der Waals surface area contributed by atoms with Gasteiger partial charge in [-0.05, 0) is 43.7 Å². The molecule has 4 nitrogen and oxygen atoms in total. The quantitative estimate of drug-likeness (QED) is 0.875. The van der Waals surface area contributed by atoms with E-state index in [1.54, 1.807) is 11.8 Å². The van der Waals surface area contributed by atoms with Crippen molar-refractivity contribution in [1.82, 2.24) is 10.2 Å². The van der Waals surface area contributed by atoms with Crippen LogP contribution >= 0.6 is 23.1 Å². The van der Waals surface area contributed by atoms with Crippen LogP contribution in [0.2, 0.25) is 0 Å². The zero-order valence-electron chi connectivity index (χ0n) is 11.3. The number of rotatable bonds is 4. The SMILES string of the molecule is CSc1ccc(C)c(C(=O)Nc2nnc(C3CC3)s2)c1. The van der Waals surface area contributed by atoms with Gasteiger partial charge in [0.05, 0.1) is 0 Å². The molecule has 1 N–H and O–H groups in total. The second-order valence-corrected chi connectivity index (χ2v) is 6.74. The molecule has 1 aromatic carbocycles. The standard InChI is InChI=1S/C14H15N3OS2/c1-8-3-6-10(19-2)7-11(8)12(18)15-14-17-16-13(20-14)9-4-5-9/h3,6-7,9H,4-5H2,1-2H3,(H,15,17,18). The molecule has 0 bridgehead atoms. The highest BCUT2D eigenvalue weighted by Crippen LogP contribution is 2.42. The molecule has 104 valence electrons. The predicted octanol–water partition coefficient (Wildman–Crippen LogP) is 3.70. The van der Waals surface area contributed by atoms with Crippen LogP contribution in [0.15, 0.2) is 23.1 Å². The number of nitrogens with zero attached hydrogens (tertiary/aromatic N) is 2. The number of benzene rings is 1. The summed E-state index contributed by atoms with van der Waals surface area (Å²) in [5.74, 6) is 0.455. The fourth-order valence-electron chi connectivity index (χ4n) is 1.92. The van der Waals surface area contributed by atoms with Crippen molar-refractivity contribution in [1.29, 1.82) is 0 Å². The van der Waals surface area contributed by atoms with E-state index in [2.05, 4.69) is 15.5 Å². The fourth-order valence-corrected chi connectivity index (χ4v) is 3.26. The zero-order valence-corrected chi connectivity index (χ0v) is 13.0. The smallest absolute Gasteiger partial charge is 0.257 e. The fraction of sp³-hybridized carbons (Fsp3) is 0.357. The van der Waals surface area contributed by atoms with E-state index in [0.29, 0.717) is 16.6 Å². The number of hydrogen-bond acceptors (Lipinski definition) is 5. The second kappa shape index (κ2) is 5.54. The minimum Gasteiger partial charge on any atom is -0.296 e. The summed E-state index contributed by atoms with van der Waals surface area (Å²) in [6, 6.07) is 5.90. The molecule has 1 saturated carbocycles. The van der Waals surface area contributed by atoms with Gasteiger partial charge in [0.2, 0.25) is 5.13 Å². The summed E-state index contributed by atoms with van der Waals surface area (Å²) in [4.78, 5) is 13.4. The topological polar surface area (TPSA) is 54.9 Å². The predicted molar refractivity (Wildman–Crippen MR) is 82.8 cm³/mol. The van der Waals surface area contributed by atoms with Gasteiger partial charge in [0.15, 0.2) is 0 Å². The number of hydrogen-bond donors (Lipinski definition) is 1. The first-order valence-electron chi connectivity index (χ1n) is 6.47. The van der Waals surface area contributed by atoms with Crippen molar-refractivity contribution in [3.05, 3.63) is 34.3 Å². The molecule has 2 aromatic rings. The molecule has 3 rings (SSSR count). The molecule has 0 aliphatic heterocycles. The summed E-state index contributed by atoms with van der Waals surface area (Å²) in [6.07, 6.45) is 4.38. The number of amides is 1. The number of nitrogens with one attached hydrogen (secondary N) is 1. The Bertz CT molecular complexity index is 650. The van der Waals surface area contributed by atoms with Gasteiger partial charge in [-0.1, -0.05) is 17.4 Å². The Hall–Kier alpha value is -1.40. The lowest BCUT2D eigenvalue weighted by Gasteiger charge is -2.06. The van der Waals surface area contributed by atoms with Crippen LogP contribution in [-0.2, 0) is 0 Å². The minimum atomic E-state index is -0.114. The normalized spacial score (nSPS) is 14.3. The van der Waals surface area contributed by atoms with E-state index in [-0.39, 0.29) is 5.91 Å². The van der Waals surface area contributed by atoms with Crippen LogP contribution < -0.4 is 5.32 Å². The van der Waals surface area contributed by atoms with Crippen LogP contribution in [0, 0.1) is 6.92 Å². The van der Waals surface area contributed by atoms with E-state index < -0.39 is 0 Å². The molecule has 1 aliphatic rings. The van der Waals surface area contributed by atoms with E-state index in [1.165, 1.54) is 24.2 Å². The highest BCUT2D eigenvalue weighted by molar-refractivity contribution is 7.98. The highest BCUT2D eigenvalue weighted by Gasteiger charge is 2.27. The molecule has 0 radical (unpaired) electrons. The van der Waals surface area contributed by atoms with E-state index in [4.69, 9.17) is 0 Å². The van der Waals surface area contributed by atoms with Gasteiger partial charge in [-0.15, -0.1) is 22.0 Å². The third-order valence-electron chi connectivity index (χ3n) is 3.28. The summed E-state index contributed by atoms with van der Waals surface area (Å²) >= 11 is 3.11. The summed E-state index contributed by atoms with van der Waals surface area (Å²) in [7, 11) is 0. The Labute approximate surface area is 126 Å². The lowest BCUT2D eigenvalue weighted by molar-refractivity contribution is 0.102. The molecule has 6 heteroatoms. The molecule has 0 atom stereocenters. The van der Waals surface area contributed by atoms with Gasteiger partial charge in [0, 0.05) is 16.4 Å². The maximum Gasteiger partial charge on any atom is 0.257 e. The second-order valence-electron chi connectivity index (χ2n) is 4.85. The molecule has 1 fully saturated rings. The van der Waals surface area contributed by atoms with Crippen molar-refractivity contribution in [2.75, 3.05) is 11.6 Å². The van der Waals surface area contributed by atoms with Crippen LogP contribution in [0.4, 0.5) is 5.13 Å². The van der Waals surface area contributed by atoms with Crippen LogP contribution in [-0.4, -0.2) is 22.4 Å². The van der Waals surface area contributed by atoms with Gasteiger partial charge in [0.25, 0.3) is 5.91 Å². The molecule has 0 saturated heterocycles. The van der Waals surface area contributed by atoms with Gasteiger partial charge < -0.3 is 0 Å². The van der Waals surface area contributed by atoms with Crippen LogP contribution in [0.25, 0.3) is 0 Å². The van der Waals surface area contributed by atoms with Crippen molar-refractivity contribution < 1.29 is 4.79 Å². The molecule has 1 heterocycles. The van der Waals surface area contributed by atoms with E-state index in [9.17, 15) is 4.79 Å². The lowest BCUT2D eigenvalue weighted by Crippen LogP contribution is -2.13. The zero-order chi connectivity index (χ0) is 14.1. The third kappa shape index (κ3) is 2.86. The van der Waals surface area contributed by atoms with E-state index in [0.717, 1.165) is 15.5 Å². The number of aryl methyl sites for hydroxylation is 1. The van der Waals surface area contributed by atoms with Crippen LogP contribution in [0.1, 0.15) is 39.7 Å². The number of aromatic nitrogens is 2. The Morgan fingerprint density at radius 3 is 2.90 bits per heavy atom. The van der Waals surface area contributed by atoms with Crippen molar-refractivity contribution in [2.24, 2.45) is 0 Å². The Morgan fingerprint density at radius 1 is 1.40 bits per heavy atom. The highest BCUT2D eigenvalue weighted by atomic mass is 32.2. The Kier molecular flexibility index (Phi) is 3.76. The molecule has 0 unspecified atom stereocenters. The maximum atomic E-state index is 12.3. The first kappa shape index (κ1) is 13.6. The molecule has 20 heavy (non-hydrogen) atoms. The number of anilines is 1. The monoisotopic (exact) mass is 305 g/mol. The third-order valence-corrected chi connectivity index (χ3v) is 5.00. The van der Waals surface area contributed by atoms with Crippen LogP contribution in [0.5, 0.6) is 0 Å². The number of thioether (sulfide) groups is 1. The summed E-state index contributed by atoms with van der Waals surface area (Å²) in [5.41, 5.74) is 1.66. The first-order chi connectivity index (χ1) is 9.67. The van der Waals surface area contributed by atoms with Gasteiger partial charge in [-0.3, -0.25) is 10.1 Å². The lowest BCUT2D eigenvalue weighted by atomic mass is 10.1. The molecular formula is C14H15N3OS2. The number of carbonyl (C=O) groups is 1. The number of carbonyl (C=O) groups excluding carboxylic acids is 1. The Morgan fingerprint density at radius 2 is 2.20 bits per heavy atom. The van der Waals surface area contributed by atoms with Gasteiger partial charge in [-0.2, -0.15) is 0 Å².